The molecule has 0 saturated heterocycles. The van der Waals surface area contributed by atoms with Crippen molar-refractivity contribution in [2.75, 3.05) is 5.73 Å². The summed E-state index contributed by atoms with van der Waals surface area (Å²) in [4.78, 5) is 8.65. The summed E-state index contributed by atoms with van der Waals surface area (Å²) in [5, 5.41) is 0.964. The van der Waals surface area contributed by atoms with Gasteiger partial charge in [0.2, 0.25) is 0 Å². The smallest absolute Gasteiger partial charge is 0.126 e. The van der Waals surface area contributed by atoms with Gasteiger partial charge in [-0.3, -0.25) is 0 Å². The number of nitrogens with two attached hydrogens (primary N) is 1. The van der Waals surface area contributed by atoms with Crippen LogP contribution < -0.4 is 5.73 Å². The predicted molar refractivity (Wildman–Crippen MR) is 75.0 cm³/mol. The third-order valence-corrected chi connectivity index (χ3v) is 3.94. The summed E-state index contributed by atoms with van der Waals surface area (Å²) in [6.07, 6.45) is 1.75. The Morgan fingerprint density at radius 2 is 2.06 bits per heavy atom. The fourth-order valence-electron chi connectivity index (χ4n) is 1.55. The molecule has 2 heterocycles. The number of halogens is 1. The molecule has 2 aromatic heterocycles. The number of rotatable bonds is 1. The molecule has 0 saturated carbocycles. The second-order valence-electron chi connectivity index (χ2n) is 3.60. The minimum Gasteiger partial charge on any atom is -0.384 e. The van der Waals surface area contributed by atoms with Crippen LogP contribution in [0.5, 0.6) is 0 Å². The molecule has 0 bridgehead atoms. The summed E-state index contributed by atoms with van der Waals surface area (Å²) in [5.74, 6) is 0.526. The Balaban J connectivity index is 2.14. The van der Waals surface area contributed by atoms with Crippen LogP contribution in [-0.2, 0) is 0 Å². The standard InChI is InChI=1S/C12H8BrN3S/c13-8-2-3-9-10(5-8)17-12(16-9)7-1-4-11(14)15-6-7/h1-6H,(H2,14,15). The minimum absolute atomic E-state index is 0.526. The molecule has 0 aliphatic heterocycles. The van der Waals surface area contributed by atoms with E-state index in [0.29, 0.717) is 5.82 Å². The first kappa shape index (κ1) is 10.7. The van der Waals surface area contributed by atoms with Crippen molar-refractivity contribution < 1.29 is 0 Å². The molecule has 1 aromatic carbocycles. The SMILES string of the molecule is Nc1ccc(-c2nc3ccc(Br)cc3s2)cn1. The lowest BCUT2D eigenvalue weighted by molar-refractivity contribution is 1.33. The van der Waals surface area contributed by atoms with E-state index in [1.807, 2.05) is 18.2 Å². The molecule has 0 spiro atoms. The number of nitrogens with zero attached hydrogens (tertiary/aromatic N) is 2. The van der Waals surface area contributed by atoms with Crippen molar-refractivity contribution in [2.45, 2.75) is 0 Å². The topological polar surface area (TPSA) is 51.8 Å². The zero-order chi connectivity index (χ0) is 11.8. The summed E-state index contributed by atoms with van der Waals surface area (Å²) in [6, 6.07) is 9.80. The van der Waals surface area contributed by atoms with Crippen LogP contribution in [0.15, 0.2) is 41.0 Å². The van der Waals surface area contributed by atoms with Crippen molar-refractivity contribution in [3.8, 4) is 10.6 Å². The first-order chi connectivity index (χ1) is 8.22. The van der Waals surface area contributed by atoms with E-state index in [9.17, 15) is 0 Å². The quantitative estimate of drug-likeness (QED) is 0.746. The average molecular weight is 306 g/mol. The fraction of sp³-hybridized carbons (Fsp3) is 0. The normalized spacial score (nSPS) is 10.9. The maximum absolute atomic E-state index is 5.57. The molecule has 2 N–H and O–H groups in total. The van der Waals surface area contributed by atoms with Gasteiger partial charge in [0.1, 0.15) is 10.8 Å². The summed E-state index contributed by atoms with van der Waals surface area (Å²) < 4.78 is 2.22. The van der Waals surface area contributed by atoms with Crippen LogP contribution in [-0.4, -0.2) is 9.97 Å². The monoisotopic (exact) mass is 305 g/mol. The van der Waals surface area contributed by atoms with Gasteiger partial charge in [-0.15, -0.1) is 11.3 Å². The molecule has 0 amide bonds. The maximum Gasteiger partial charge on any atom is 0.126 e. The largest absolute Gasteiger partial charge is 0.384 e. The number of aromatic nitrogens is 2. The fourth-order valence-corrected chi connectivity index (χ4v) is 3.06. The van der Waals surface area contributed by atoms with Gasteiger partial charge in [0.05, 0.1) is 10.2 Å². The molecule has 5 heteroatoms. The maximum atomic E-state index is 5.57. The van der Waals surface area contributed by atoms with E-state index in [1.165, 1.54) is 0 Å². The third kappa shape index (κ3) is 2.03. The van der Waals surface area contributed by atoms with Gasteiger partial charge in [-0.25, -0.2) is 9.97 Å². The van der Waals surface area contributed by atoms with Crippen molar-refractivity contribution in [3.05, 3.63) is 41.0 Å². The van der Waals surface area contributed by atoms with E-state index >= 15 is 0 Å². The third-order valence-electron chi connectivity index (χ3n) is 2.38. The highest BCUT2D eigenvalue weighted by molar-refractivity contribution is 9.10. The molecule has 0 unspecified atom stereocenters. The molecule has 0 atom stereocenters. The van der Waals surface area contributed by atoms with Crippen LogP contribution in [0.4, 0.5) is 5.82 Å². The van der Waals surface area contributed by atoms with E-state index in [0.717, 1.165) is 25.3 Å². The second kappa shape index (κ2) is 4.09. The molecular formula is C12H8BrN3S. The number of nitrogen functional groups attached to an aromatic ring is 1. The van der Waals surface area contributed by atoms with Crippen LogP contribution in [0.2, 0.25) is 0 Å². The van der Waals surface area contributed by atoms with Crippen molar-refractivity contribution in [1.82, 2.24) is 9.97 Å². The lowest BCUT2D eigenvalue weighted by Gasteiger charge is -1.94. The lowest BCUT2D eigenvalue weighted by Crippen LogP contribution is -1.88. The zero-order valence-corrected chi connectivity index (χ0v) is 11.1. The van der Waals surface area contributed by atoms with E-state index in [4.69, 9.17) is 5.73 Å². The highest BCUT2D eigenvalue weighted by atomic mass is 79.9. The van der Waals surface area contributed by atoms with Crippen molar-refractivity contribution in [3.63, 3.8) is 0 Å². The Morgan fingerprint density at radius 1 is 1.18 bits per heavy atom. The van der Waals surface area contributed by atoms with E-state index in [1.54, 1.807) is 23.6 Å². The number of pyridine rings is 1. The molecule has 0 aliphatic rings. The summed E-state index contributed by atoms with van der Waals surface area (Å²) in [7, 11) is 0. The summed E-state index contributed by atoms with van der Waals surface area (Å²) >= 11 is 5.11. The Morgan fingerprint density at radius 3 is 2.82 bits per heavy atom. The van der Waals surface area contributed by atoms with Gasteiger partial charge in [-0.2, -0.15) is 0 Å². The molecule has 17 heavy (non-hydrogen) atoms. The molecule has 84 valence electrons. The van der Waals surface area contributed by atoms with E-state index in [-0.39, 0.29) is 0 Å². The number of benzene rings is 1. The molecule has 3 rings (SSSR count). The molecule has 3 aromatic rings. The van der Waals surface area contributed by atoms with E-state index < -0.39 is 0 Å². The van der Waals surface area contributed by atoms with Crippen LogP contribution >= 0.6 is 27.3 Å². The van der Waals surface area contributed by atoms with Crippen LogP contribution in [0, 0.1) is 0 Å². The highest BCUT2D eigenvalue weighted by Gasteiger charge is 2.06. The number of thiazole rings is 1. The Kier molecular flexibility index (Phi) is 2.57. The number of anilines is 1. The average Bonchev–Trinajstić information content (AvgIpc) is 2.72. The molecule has 0 radical (unpaired) electrons. The van der Waals surface area contributed by atoms with Crippen LogP contribution in [0.25, 0.3) is 20.8 Å². The number of hydrogen-bond donors (Lipinski definition) is 1. The zero-order valence-electron chi connectivity index (χ0n) is 8.72. The summed E-state index contributed by atoms with van der Waals surface area (Å²) in [6.45, 7) is 0. The first-order valence-electron chi connectivity index (χ1n) is 5.00. The van der Waals surface area contributed by atoms with Gasteiger partial charge in [-0.05, 0) is 30.3 Å². The first-order valence-corrected chi connectivity index (χ1v) is 6.61. The lowest BCUT2D eigenvalue weighted by atomic mass is 10.3. The molecule has 0 aliphatic carbocycles. The van der Waals surface area contributed by atoms with Crippen LogP contribution in [0.3, 0.4) is 0 Å². The van der Waals surface area contributed by atoms with Gasteiger partial charge in [-0.1, -0.05) is 15.9 Å². The van der Waals surface area contributed by atoms with Crippen molar-refractivity contribution in [2.24, 2.45) is 0 Å². The molecule has 0 fully saturated rings. The van der Waals surface area contributed by atoms with E-state index in [2.05, 4.69) is 32.0 Å². The second-order valence-corrected chi connectivity index (χ2v) is 5.55. The number of hydrogen-bond acceptors (Lipinski definition) is 4. The van der Waals surface area contributed by atoms with Gasteiger partial charge < -0.3 is 5.73 Å². The highest BCUT2D eigenvalue weighted by Crippen LogP contribution is 2.31. The van der Waals surface area contributed by atoms with Crippen LogP contribution in [0.1, 0.15) is 0 Å². The van der Waals surface area contributed by atoms with Gasteiger partial charge in [0.25, 0.3) is 0 Å². The molecule has 3 nitrogen and oxygen atoms in total. The van der Waals surface area contributed by atoms with Gasteiger partial charge in [0, 0.05) is 16.2 Å². The Labute approximate surface area is 110 Å². The Hall–Kier alpha value is -1.46. The van der Waals surface area contributed by atoms with Crippen molar-refractivity contribution in [1.29, 1.82) is 0 Å². The van der Waals surface area contributed by atoms with Gasteiger partial charge >= 0.3 is 0 Å². The number of fused-ring (bicyclic) bond motifs is 1. The molecular weight excluding hydrogens is 298 g/mol. The van der Waals surface area contributed by atoms with Crippen molar-refractivity contribution >= 4 is 43.3 Å². The summed E-state index contributed by atoms with van der Waals surface area (Å²) in [5.41, 5.74) is 7.57. The Bertz CT molecular complexity index is 676. The van der Waals surface area contributed by atoms with Gasteiger partial charge in [0.15, 0.2) is 0 Å². The predicted octanol–water partition coefficient (Wildman–Crippen LogP) is 3.70. The minimum atomic E-state index is 0.526.